The number of halogens is 1. The number of amides is 2. The number of hydrogen-bond donors (Lipinski definition) is 2. The van der Waals surface area contributed by atoms with Crippen LogP contribution in [-0.2, 0) is 9.59 Å². The van der Waals surface area contributed by atoms with Gasteiger partial charge in [-0.25, -0.2) is 10.2 Å². The monoisotopic (exact) mass is 495 g/mol. The summed E-state index contributed by atoms with van der Waals surface area (Å²) in [6, 6.07) is 17.7. The molecule has 0 saturated heterocycles. The highest BCUT2D eigenvalue weighted by molar-refractivity contribution is 6.40. The smallest absolute Gasteiger partial charge is 0.343 e. The van der Waals surface area contributed by atoms with Gasteiger partial charge >= 0.3 is 17.8 Å². The molecule has 0 aliphatic heterocycles. The second kappa shape index (κ2) is 11.7. The van der Waals surface area contributed by atoms with Gasteiger partial charge < -0.3 is 19.5 Å². The summed E-state index contributed by atoms with van der Waals surface area (Å²) in [6.45, 7) is 1.63. The quantitative estimate of drug-likeness (QED) is 0.168. The van der Waals surface area contributed by atoms with E-state index in [-0.39, 0.29) is 11.5 Å². The maximum absolute atomic E-state index is 12.5. The van der Waals surface area contributed by atoms with Crippen LogP contribution in [0.4, 0.5) is 5.69 Å². The van der Waals surface area contributed by atoms with Crippen molar-refractivity contribution in [2.75, 3.05) is 19.5 Å². The Bertz CT molecular complexity index is 1290. The zero-order valence-corrected chi connectivity index (χ0v) is 19.9. The van der Waals surface area contributed by atoms with E-state index in [4.69, 9.17) is 25.8 Å². The number of ether oxygens (including phenoxy) is 3. The van der Waals surface area contributed by atoms with Crippen LogP contribution < -0.4 is 25.0 Å². The van der Waals surface area contributed by atoms with Gasteiger partial charge in [-0.05, 0) is 61.5 Å². The van der Waals surface area contributed by atoms with E-state index >= 15 is 0 Å². The Morgan fingerprint density at radius 2 is 1.60 bits per heavy atom. The highest BCUT2D eigenvalue weighted by Crippen LogP contribution is 2.29. The molecule has 0 heterocycles. The molecule has 3 aromatic rings. The molecule has 2 N–H and O–H groups in total. The summed E-state index contributed by atoms with van der Waals surface area (Å²) in [6.07, 6.45) is 0. The SMILES string of the molecule is COc1cccc(C(=O)Oc2ccc(/C(C)=N/NC(=O)C(=O)Nc3cccc(Cl)c3)cc2OC)c1. The van der Waals surface area contributed by atoms with Gasteiger partial charge in [0.2, 0.25) is 0 Å². The van der Waals surface area contributed by atoms with Crippen molar-refractivity contribution in [1.29, 1.82) is 0 Å². The van der Waals surface area contributed by atoms with Gasteiger partial charge in [0.05, 0.1) is 25.5 Å². The van der Waals surface area contributed by atoms with E-state index in [1.54, 1.807) is 67.6 Å². The minimum absolute atomic E-state index is 0.196. The first-order valence-electron chi connectivity index (χ1n) is 10.3. The van der Waals surface area contributed by atoms with E-state index in [1.165, 1.54) is 20.3 Å². The highest BCUT2D eigenvalue weighted by Gasteiger charge is 2.16. The minimum atomic E-state index is -0.958. The average molecular weight is 496 g/mol. The van der Waals surface area contributed by atoms with Crippen molar-refractivity contribution < 1.29 is 28.6 Å². The van der Waals surface area contributed by atoms with Crippen molar-refractivity contribution in [3.8, 4) is 17.2 Å². The number of hydrogen-bond acceptors (Lipinski definition) is 7. The van der Waals surface area contributed by atoms with E-state index < -0.39 is 17.8 Å². The van der Waals surface area contributed by atoms with Crippen molar-refractivity contribution in [3.05, 3.63) is 82.9 Å². The summed E-state index contributed by atoms with van der Waals surface area (Å²) in [5.41, 5.74) is 3.84. The van der Waals surface area contributed by atoms with Crippen LogP contribution in [0.1, 0.15) is 22.8 Å². The molecule has 3 aromatic carbocycles. The summed E-state index contributed by atoms with van der Waals surface area (Å²) in [5, 5.41) is 6.81. The molecule has 0 saturated carbocycles. The van der Waals surface area contributed by atoms with Crippen LogP contribution in [0.15, 0.2) is 71.8 Å². The van der Waals surface area contributed by atoms with Crippen molar-refractivity contribution in [2.24, 2.45) is 5.10 Å². The Labute approximate surface area is 206 Å². The second-order valence-corrected chi connectivity index (χ2v) is 7.53. The second-order valence-electron chi connectivity index (χ2n) is 7.09. The number of esters is 1. The largest absolute Gasteiger partial charge is 0.497 e. The topological polar surface area (TPSA) is 115 Å². The molecule has 0 aromatic heterocycles. The third-order valence-corrected chi connectivity index (χ3v) is 4.94. The van der Waals surface area contributed by atoms with Gasteiger partial charge in [-0.3, -0.25) is 9.59 Å². The van der Waals surface area contributed by atoms with E-state index in [0.29, 0.717) is 33.3 Å². The van der Waals surface area contributed by atoms with Gasteiger partial charge in [-0.1, -0.05) is 23.7 Å². The Balaban J connectivity index is 1.67. The van der Waals surface area contributed by atoms with Gasteiger partial charge in [0, 0.05) is 16.3 Å². The van der Waals surface area contributed by atoms with E-state index in [9.17, 15) is 14.4 Å². The fraction of sp³-hybridized carbons (Fsp3) is 0.120. The summed E-state index contributed by atoms with van der Waals surface area (Å²) >= 11 is 5.87. The number of benzene rings is 3. The fourth-order valence-corrected chi connectivity index (χ4v) is 3.08. The Hall–Kier alpha value is -4.37. The van der Waals surface area contributed by atoms with Crippen LogP contribution in [0.25, 0.3) is 0 Å². The van der Waals surface area contributed by atoms with Gasteiger partial charge in [-0.2, -0.15) is 5.10 Å². The van der Waals surface area contributed by atoms with Gasteiger partial charge in [0.15, 0.2) is 11.5 Å². The molecule has 180 valence electrons. The molecule has 0 atom stereocenters. The molecule has 3 rings (SSSR count). The summed E-state index contributed by atoms with van der Waals surface area (Å²) in [4.78, 5) is 36.7. The van der Waals surface area contributed by atoms with Crippen LogP contribution in [0.2, 0.25) is 5.02 Å². The van der Waals surface area contributed by atoms with E-state index in [1.807, 2.05) is 0 Å². The maximum Gasteiger partial charge on any atom is 0.343 e. The van der Waals surface area contributed by atoms with Crippen LogP contribution >= 0.6 is 11.6 Å². The Kier molecular flexibility index (Phi) is 8.42. The van der Waals surface area contributed by atoms with Crippen LogP contribution in [-0.4, -0.2) is 37.7 Å². The Morgan fingerprint density at radius 1 is 0.829 bits per heavy atom. The number of nitrogens with one attached hydrogen (secondary N) is 2. The molecule has 9 nitrogen and oxygen atoms in total. The molecule has 0 aliphatic rings. The van der Waals surface area contributed by atoms with Crippen LogP contribution in [0, 0.1) is 0 Å². The fourth-order valence-electron chi connectivity index (χ4n) is 2.89. The molecule has 0 spiro atoms. The number of carbonyl (C=O) groups excluding carboxylic acids is 3. The molecule has 2 amide bonds. The van der Waals surface area contributed by atoms with Gasteiger partial charge in [-0.15, -0.1) is 0 Å². The predicted octanol–water partition coefficient (Wildman–Crippen LogP) is 4.06. The molecule has 10 heteroatoms. The predicted molar refractivity (Wildman–Crippen MR) is 131 cm³/mol. The average Bonchev–Trinajstić information content (AvgIpc) is 2.87. The lowest BCUT2D eigenvalue weighted by Gasteiger charge is -2.11. The minimum Gasteiger partial charge on any atom is -0.497 e. The standard InChI is InChI=1S/C25H22ClN3O6/c1-15(28-29-24(31)23(30)27-19-8-5-7-18(26)14-19)16-10-11-21(22(13-16)34-3)35-25(32)17-6-4-9-20(12-17)33-2/h4-14H,1-3H3,(H,27,30)(H,29,31)/b28-15+. The first-order valence-corrected chi connectivity index (χ1v) is 10.6. The van der Waals surface area contributed by atoms with Crippen LogP contribution in [0.3, 0.4) is 0 Å². The van der Waals surface area contributed by atoms with E-state index in [2.05, 4.69) is 15.8 Å². The first kappa shape index (κ1) is 25.3. The lowest BCUT2D eigenvalue weighted by Crippen LogP contribution is -2.32. The molecule has 0 bridgehead atoms. The number of anilines is 1. The lowest BCUT2D eigenvalue weighted by molar-refractivity contribution is -0.136. The molecular formula is C25H22ClN3O6. The highest BCUT2D eigenvalue weighted by atomic mass is 35.5. The molecule has 35 heavy (non-hydrogen) atoms. The lowest BCUT2D eigenvalue weighted by atomic mass is 10.1. The maximum atomic E-state index is 12.5. The van der Waals surface area contributed by atoms with Crippen molar-refractivity contribution >= 4 is 40.8 Å². The molecule has 0 radical (unpaired) electrons. The zero-order chi connectivity index (χ0) is 25.4. The van der Waals surface area contributed by atoms with Crippen molar-refractivity contribution in [1.82, 2.24) is 5.43 Å². The normalized spacial score (nSPS) is 10.8. The molecular weight excluding hydrogens is 474 g/mol. The number of rotatable bonds is 7. The van der Waals surface area contributed by atoms with Crippen LogP contribution in [0.5, 0.6) is 17.2 Å². The molecule has 0 fully saturated rings. The molecule has 0 unspecified atom stereocenters. The number of carbonyl (C=O) groups is 3. The first-order chi connectivity index (χ1) is 16.8. The molecule has 0 aliphatic carbocycles. The van der Waals surface area contributed by atoms with Gasteiger partial charge in [0.1, 0.15) is 5.75 Å². The summed E-state index contributed by atoms with van der Waals surface area (Å²) < 4.78 is 15.9. The van der Waals surface area contributed by atoms with E-state index in [0.717, 1.165) is 0 Å². The summed E-state index contributed by atoms with van der Waals surface area (Å²) in [5.74, 6) is -1.45. The zero-order valence-electron chi connectivity index (χ0n) is 19.1. The third kappa shape index (κ3) is 6.81. The Morgan fingerprint density at radius 3 is 2.31 bits per heavy atom. The third-order valence-electron chi connectivity index (χ3n) is 4.70. The van der Waals surface area contributed by atoms with Crippen molar-refractivity contribution in [3.63, 3.8) is 0 Å². The number of nitrogens with zero attached hydrogens (tertiary/aromatic N) is 1. The summed E-state index contributed by atoms with van der Waals surface area (Å²) in [7, 11) is 2.93. The number of hydrazone groups is 1. The van der Waals surface area contributed by atoms with Crippen molar-refractivity contribution in [2.45, 2.75) is 6.92 Å². The number of methoxy groups -OCH3 is 2. The van der Waals surface area contributed by atoms with Gasteiger partial charge in [0.25, 0.3) is 0 Å².